The molecule has 1 aliphatic rings. The minimum absolute atomic E-state index is 0.00897. The van der Waals surface area contributed by atoms with Crippen molar-refractivity contribution in [3.63, 3.8) is 0 Å². The van der Waals surface area contributed by atoms with Crippen molar-refractivity contribution in [2.45, 2.75) is 32.2 Å². The summed E-state index contributed by atoms with van der Waals surface area (Å²) in [6.07, 6.45) is 2.00. The number of amides is 1. The van der Waals surface area contributed by atoms with Gasteiger partial charge >= 0.3 is 0 Å². The van der Waals surface area contributed by atoms with Gasteiger partial charge in [-0.3, -0.25) is 4.79 Å². The second-order valence-corrected chi connectivity index (χ2v) is 5.15. The van der Waals surface area contributed by atoms with E-state index in [0.29, 0.717) is 19.1 Å². The fourth-order valence-electron chi connectivity index (χ4n) is 2.60. The minimum Gasteiger partial charge on any atom is -0.341 e. The van der Waals surface area contributed by atoms with Crippen molar-refractivity contribution < 1.29 is 13.6 Å². The Morgan fingerprint density at radius 2 is 2.25 bits per heavy atom. The highest BCUT2D eigenvalue weighted by Crippen LogP contribution is 2.15. The van der Waals surface area contributed by atoms with Gasteiger partial charge in [0.25, 0.3) is 0 Å². The van der Waals surface area contributed by atoms with E-state index in [1.165, 1.54) is 12.1 Å². The molecular weight excluding hydrogens is 262 g/mol. The van der Waals surface area contributed by atoms with Crippen molar-refractivity contribution in [3.8, 4) is 0 Å². The summed E-state index contributed by atoms with van der Waals surface area (Å²) in [5.41, 5.74) is 0.252. The normalized spacial score (nSPS) is 19.1. The predicted octanol–water partition coefficient (Wildman–Crippen LogP) is 2.11. The first-order valence-corrected chi connectivity index (χ1v) is 7.05. The third kappa shape index (κ3) is 3.76. The van der Waals surface area contributed by atoms with Crippen molar-refractivity contribution in [1.82, 2.24) is 10.2 Å². The monoisotopic (exact) mass is 282 g/mol. The summed E-state index contributed by atoms with van der Waals surface area (Å²) >= 11 is 0. The van der Waals surface area contributed by atoms with Crippen LogP contribution < -0.4 is 5.32 Å². The lowest BCUT2D eigenvalue weighted by Gasteiger charge is -2.33. The molecule has 0 bridgehead atoms. The van der Waals surface area contributed by atoms with E-state index >= 15 is 0 Å². The molecule has 20 heavy (non-hydrogen) atoms. The Kier molecular flexibility index (Phi) is 5.06. The zero-order valence-electron chi connectivity index (χ0n) is 11.7. The summed E-state index contributed by atoms with van der Waals surface area (Å²) in [6, 6.07) is 3.66. The van der Waals surface area contributed by atoms with E-state index in [1.807, 2.05) is 6.92 Å². The van der Waals surface area contributed by atoms with Gasteiger partial charge in [0, 0.05) is 25.2 Å². The van der Waals surface area contributed by atoms with Crippen molar-refractivity contribution in [3.05, 3.63) is 35.4 Å². The predicted molar refractivity (Wildman–Crippen MR) is 73.3 cm³/mol. The number of piperidine rings is 1. The van der Waals surface area contributed by atoms with Crippen LogP contribution >= 0.6 is 0 Å². The van der Waals surface area contributed by atoms with E-state index in [2.05, 4.69) is 5.32 Å². The number of rotatable bonds is 4. The number of carbonyl (C=O) groups is 1. The van der Waals surface area contributed by atoms with Crippen molar-refractivity contribution in [2.75, 3.05) is 19.6 Å². The average Bonchev–Trinajstić information content (AvgIpc) is 2.42. The molecule has 1 aromatic carbocycles. The first-order chi connectivity index (χ1) is 9.60. The fraction of sp³-hybridized carbons (Fsp3) is 0.533. The number of nitrogens with zero attached hydrogens (tertiary/aromatic N) is 1. The average molecular weight is 282 g/mol. The molecule has 1 atom stereocenters. The smallest absolute Gasteiger partial charge is 0.227 e. The van der Waals surface area contributed by atoms with E-state index in [1.54, 1.807) is 4.90 Å². The van der Waals surface area contributed by atoms with Crippen molar-refractivity contribution >= 4 is 5.91 Å². The summed E-state index contributed by atoms with van der Waals surface area (Å²) in [5.74, 6) is -1.37. The van der Waals surface area contributed by atoms with E-state index in [4.69, 9.17) is 0 Å². The summed E-state index contributed by atoms with van der Waals surface area (Å²) < 4.78 is 26.4. The zero-order chi connectivity index (χ0) is 14.5. The summed E-state index contributed by atoms with van der Waals surface area (Å²) in [5, 5.41) is 3.33. The van der Waals surface area contributed by atoms with Gasteiger partial charge in [-0.05, 0) is 31.0 Å². The summed E-state index contributed by atoms with van der Waals surface area (Å²) in [7, 11) is 0. The summed E-state index contributed by atoms with van der Waals surface area (Å²) in [4.78, 5) is 14.0. The van der Waals surface area contributed by atoms with E-state index in [9.17, 15) is 13.6 Å². The van der Waals surface area contributed by atoms with Crippen LogP contribution in [0.1, 0.15) is 25.3 Å². The summed E-state index contributed by atoms with van der Waals surface area (Å²) in [6.45, 7) is 4.28. The molecule has 2 rings (SSSR count). The molecule has 1 aromatic rings. The number of hydrogen-bond donors (Lipinski definition) is 1. The lowest BCUT2D eigenvalue weighted by molar-refractivity contribution is -0.131. The van der Waals surface area contributed by atoms with Gasteiger partial charge in [-0.2, -0.15) is 0 Å². The maximum atomic E-state index is 13.6. The van der Waals surface area contributed by atoms with Gasteiger partial charge in [-0.1, -0.05) is 13.0 Å². The highest BCUT2D eigenvalue weighted by atomic mass is 19.1. The van der Waals surface area contributed by atoms with Crippen molar-refractivity contribution in [2.24, 2.45) is 0 Å². The molecule has 0 spiro atoms. The van der Waals surface area contributed by atoms with Gasteiger partial charge in [-0.25, -0.2) is 8.78 Å². The van der Waals surface area contributed by atoms with E-state index in [-0.39, 0.29) is 17.9 Å². The minimum atomic E-state index is -0.654. The Balaban J connectivity index is 1.97. The first-order valence-electron chi connectivity index (χ1n) is 7.05. The molecule has 110 valence electrons. The van der Waals surface area contributed by atoms with Crippen LogP contribution in [0.3, 0.4) is 0 Å². The van der Waals surface area contributed by atoms with Crippen LogP contribution in [0.2, 0.25) is 0 Å². The molecular formula is C15H20F2N2O. The largest absolute Gasteiger partial charge is 0.341 e. The SMILES string of the molecule is CCNC1CCCN(C(=O)Cc2ccc(F)cc2F)C1. The molecule has 1 amide bonds. The van der Waals surface area contributed by atoms with Crippen LogP contribution in [0, 0.1) is 11.6 Å². The molecule has 1 aliphatic heterocycles. The highest BCUT2D eigenvalue weighted by molar-refractivity contribution is 5.79. The lowest BCUT2D eigenvalue weighted by atomic mass is 10.0. The van der Waals surface area contributed by atoms with Gasteiger partial charge < -0.3 is 10.2 Å². The van der Waals surface area contributed by atoms with Gasteiger partial charge in [-0.15, -0.1) is 0 Å². The fourth-order valence-corrected chi connectivity index (χ4v) is 2.60. The van der Waals surface area contributed by atoms with Gasteiger partial charge in [0.05, 0.1) is 6.42 Å². The highest BCUT2D eigenvalue weighted by Gasteiger charge is 2.23. The second-order valence-electron chi connectivity index (χ2n) is 5.15. The molecule has 1 unspecified atom stereocenters. The van der Waals surface area contributed by atoms with Crippen LogP contribution in [0.4, 0.5) is 8.78 Å². The number of likely N-dealkylation sites (tertiary alicyclic amines) is 1. The first kappa shape index (κ1) is 14.9. The molecule has 1 saturated heterocycles. The number of halogens is 2. The number of benzene rings is 1. The van der Waals surface area contributed by atoms with E-state index in [0.717, 1.165) is 25.5 Å². The lowest BCUT2D eigenvalue weighted by Crippen LogP contribution is -2.48. The second kappa shape index (κ2) is 6.79. The molecule has 1 heterocycles. The van der Waals surface area contributed by atoms with Gasteiger partial charge in [0.15, 0.2) is 0 Å². The van der Waals surface area contributed by atoms with Gasteiger partial charge in [0.2, 0.25) is 5.91 Å². The molecule has 1 fully saturated rings. The van der Waals surface area contributed by atoms with Crippen LogP contribution in [-0.2, 0) is 11.2 Å². The van der Waals surface area contributed by atoms with Crippen molar-refractivity contribution in [1.29, 1.82) is 0 Å². The topological polar surface area (TPSA) is 32.3 Å². The zero-order valence-corrected chi connectivity index (χ0v) is 11.7. The third-order valence-corrected chi connectivity index (χ3v) is 3.62. The standard InChI is InChI=1S/C15H20F2N2O/c1-2-18-13-4-3-7-19(10-13)15(20)8-11-5-6-12(16)9-14(11)17/h5-6,9,13,18H,2-4,7-8,10H2,1H3. The Bertz CT molecular complexity index is 477. The van der Waals surface area contributed by atoms with Crippen LogP contribution in [0.25, 0.3) is 0 Å². The Morgan fingerprint density at radius 1 is 1.45 bits per heavy atom. The maximum absolute atomic E-state index is 13.6. The molecule has 5 heteroatoms. The van der Waals surface area contributed by atoms with Crippen LogP contribution in [0.5, 0.6) is 0 Å². The molecule has 0 saturated carbocycles. The number of nitrogens with one attached hydrogen (secondary N) is 1. The Hall–Kier alpha value is -1.49. The maximum Gasteiger partial charge on any atom is 0.227 e. The van der Waals surface area contributed by atoms with Gasteiger partial charge in [0.1, 0.15) is 11.6 Å². The van der Waals surface area contributed by atoms with Crippen LogP contribution in [-0.4, -0.2) is 36.5 Å². The molecule has 3 nitrogen and oxygen atoms in total. The Morgan fingerprint density at radius 3 is 2.95 bits per heavy atom. The molecule has 0 aromatic heterocycles. The number of likely N-dealkylation sites (N-methyl/N-ethyl adjacent to an activating group) is 1. The third-order valence-electron chi connectivity index (χ3n) is 3.62. The number of hydrogen-bond acceptors (Lipinski definition) is 2. The quantitative estimate of drug-likeness (QED) is 0.917. The Labute approximate surface area is 118 Å². The molecule has 0 aliphatic carbocycles. The molecule has 1 N–H and O–H groups in total. The molecule has 0 radical (unpaired) electrons. The van der Waals surface area contributed by atoms with E-state index < -0.39 is 11.6 Å². The van der Waals surface area contributed by atoms with Crippen LogP contribution in [0.15, 0.2) is 18.2 Å². The number of carbonyl (C=O) groups excluding carboxylic acids is 1.